The fourth-order valence-corrected chi connectivity index (χ4v) is 8.98. The number of fused-ring (bicyclic) bond motifs is 9. The van der Waals surface area contributed by atoms with Crippen LogP contribution in [-0.4, -0.2) is 14.5 Å². The number of aromatic nitrogens is 3. The van der Waals surface area contributed by atoms with E-state index in [9.17, 15) is 0 Å². The fraction of sp³-hybridized carbons (Fsp3) is 0. The normalized spacial score (nSPS) is 12.0. The lowest BCUT2D eigenvalue weighted by Gasteiger charge is -2.10. The van der Waals surface area contributed by atoms with Crippen molar-refractivity contribution in [2.24, 2.45) is 0 Å². The van der Waals surface area contributed by atoms with Crippen molar-refractivity contribution in [3.8, 4) is 28.3 Å². The third-order valence-electron chi connectivity index (χ3n) is 8.84. The van der Waals surface area contributed by atoms with Gasteiger partial charge in [-0.1, -0.05) is 84.9 Å². The summed E-state index contributed by atoms with van der Waals surface area (Å²) < 4.78 is 6.27. The van der Waals surface area contributed by atoms with Gasteiger partial charge in [-0.3, -0.25) is 0 Å². The number of hydrogen-bond acceptors (Lipinski definition) is 4. The van der Waals surface area contributed by atoms with Crippen LogP contribution in [0.1, 0.15) is 0 Å². The van der Waals surface area contributed by atoms with Gasteiger partial charge in [-0.2, -0.15) is 0 Å². The van der Waals surface area contributed by atoms with Crippen LogP contribution in [0, 0.1) is 0 Å². The predicted octanol–water partition coefficient (Wildman–Crippen LogP) is 11.6. The van der Waals surface area contributed by atoms with E-state index in [0.29, 0.717) is 0 Å². The molecule has 0 spiro atoms. The van der Waals surface area contributed by atoms with E-state index >= 15 is 0 Å². The van der Waals surface area contributed by atoms with Crippen molar-refractivity contribution in [2.45, 2.75) is 0 Å². The Bertz CT molecular complexity index is 2750. The lowest BCUT2D eigenvalue weighted by Crippen LogP contribution is -1.96. The predicted molar refractivity (Wildman–Crippen MR) is 193 cm³/mol. The van der Waals surface area contributed by atoms with Gasteiger partial charge in [0.1, 0.15) is 4.83 Å². The molecule has 4 heterocycles. The highest BCUT2D eigenvalue weighted by atomic mass is 32.1. The molecule has 0 N–H and O–H groups in total. The Morgan fingerprint density at radius 2 is 1.13 bits per heavy atom. The van der Waals surface area contributed by atoms with Crippen molar-refractivity contribution < 1.29 is 0 Å². The second-order valence-electron chi connectivity index (χ2n) is 11.4. The van der Waals surface area contributed by atoms with E-state index in [1.165, 1.54) is 52.1 Å². The number of hydrogen-bond donors (Lipinski definition) is 0. The smallest absolute Gasteiger partial charge is 0.161 e. The molecule has 45 heavy (non-hydrogen) atoms. The number of rotatable bonds is 3. The SMILES string of the molecule is c1ccc(-c2nc(-c3ccc(-n4c5ccccc5c5cc6sc7ccccc7c6cc54)cc3)nc3sc4ccccc4c23)cc1. The average Bonchev–Trinajstić information content (AvgIpc) is 3.76. The zero-order valence-electron chi connectivity index (χ0n) is 23.9. The molecule has 0 aliphatic heterocycles. The number of thiophene rings is 2. The van der Waals surface area contributed by atoms with Gasteiger partial charge in [0.25, 0.3) is 0 Å². The van der Waals surface area contributed by atoms with E-state index < -0.39 is 0 Å². The van der Waals surface area contributed by atoms with Gasteiger partial charge in [0.15, 0.2) is 5.82 Å². The molecule has 0 bridgehead atoms. The first-order valence-corrected chi connectivity index (χ1v) is 16.6. The van der Waals surface area contributed by atoms with Gasteiger partial charge in [-0.25, -0.2) is 9.97 Å². The first-order chi connectivity index (χ1) is 22.3. The molecular weight excluding hydrogens is 587 g/mol. The standard InChI is InChI=1S/C40H23N3S2/c1-2-10-24(11-3-1)38-37-29-14-6-9-17-35(29)45-40(37)42-39(41-38)25-18-20-26(21-19-25)43-32-15-7-4-12-27(32)30-23-36-31(22-33(30)43)28-13-5-8-16-34(28)44-36/h1-23H. The lowest BCUT2D eigenvalue weighted by atomic mass is 10.1. The lowest BCUT2D eigenvalue weighted by molar-refractivity contribution is 1.18. The Kier molecular flexibility index (Phi) is 5.32. The van der Waals surface area contributed by atoms with Crippen LogP contribution in [0.2, 0.25) is 0 Å². The van der Waals surface area contributed by atoms with Gasteiger partial charge in [-0.05, 0) is 54.6 Å². The van der Waals surface area contributed by atoms with Crippen molar-refractivity contribution in [1.29, 1.82) is 0 Å². The molecule has 5 heteroatoms. The van der Waals surface area contributed by atoms with Crippen LogP contribution in [-0.2, 0) is 0 Å². The number of benzene rings is 6. The minimum Gasteiger partial charge on any atom is -0.309 e. The Morgan fingerprint density at radius 1 is 0.444 bits per heavy atom. The van der Waals surface area contributed by atoms with Crippen LogP contribution in [0.5, 0.6) is 0 Å². The number of nitrogens with zero attached hydrogens (tertiary/aromatic N) is 3. The molecule has 6 aromatic carbocycles. The molecule has 0 unspecified atom stereocenters. The summed E-state index contributed by atoms with van der Waals surface area (Å²) >= 11 is 3.60. The van der Waals surface area contributed by atoms with E-state index in [4.69, 9.17) is 9.97 Å². The van der Waals surface area contributed by atoms with Crippen LogP contribution < -0.4 is 0 Å². The van der Waals surface area contributed by atoms with Crippen molar-refractivity contribution >= 4 is 85.0 Å². The molecule has 10 rings (SSSR count). The second-order valence-corrected chi connectivity index (χ2v) is 13.5. The summed E-state index contributed by atoms with van der Waals surface area (Å²) in [6.07, 6.45) is 0. The molecule has 0 atom stereocenters. The number of para-hydroxylation sites is 1. The maximum Gasteiger partial charge on any atom is 0.161 e. The van der Waals surface area contributed by atoms with E-state index in [0.717, 1.165) is 38.5 Å². The Hall–Kier alpha value is -5.36. The molecule has 0 radical (unpaired) electrons. The van der Waals surface area contributed by atoms with E-state index in [1.807, 2.05) is 17.4 Å². The molecule has 0 saturated heterocycles. The van der Waals surface area contributed by atoms with Crippen LogP contribution in [0.25, 0.3) is 90.6 Å². The highest BCUT2D eigenvalue weighted by Gasteiger charge is 2.18. The van der Waals surface area contributed by atoms with Crippen LogP contribution in [0.3, 0.4) is 0 Å². The third-order valence-corrected chi connectivity index (χ3v) is 11.0. The quantitative estimate of drug-likeness (QED) is 0.199. The first-order valence-electron chi connectivity index (χ1n) is 15.0. The van der Waals surface area contributed by atoms with Gasteiger partial charge in [0.05, 0.1) is 16.7 Å². The largest absolute Gasteiger partial charge is 0.309 e. The Labute approximate surface area is 266 Å². The average molecular weight is 610 g/mol. The van der Waals surface area contributed by atoms with Crippen LogP contribution >= 0.6 is 22.7 Å². The van der Waals surface area contributed by atoms with Crippen molar-refractivity contribution in [2.75, 3.05) is 0 Å². The summed E-state index contributed by atoms with van der Waals surface area (Å²) in [6.45, 7) is 0. The summed E-state index contributed by atoms with van der Waals surface area (Å²) in [5.41, 5.74) is 6.62. The molecule has 0 aliphatic rings. The maximum atomic E-state index is 5.20. The third kappa shape index (κ3) is 3.75. The molecule has 0 fully saturated rings. The molecular formula is C40H23N3S2. The Balaban J connectivity index is 1.17. The highest BCUT2D eigenvalue weighted by molar-refractivity contribution is 7.26. The summed E-state index contributed by atoms with van der Waals surface area (Å²) in [5.74, 6) is 0.744. The van der Waals surface area contributed by atoms with Crippen molar-refractivity contribution in [3.05, 3.63) is 140 Å². The summed E-state index contributed by atoms with van der Waals surface area (Å²) in [6, 6.07) is 49.9. The molecule has 0 saturated carbocycles. The Morgan fingerprint density at radius 3 is 1.96 bits per heavy atom. The van der Waals surface area contributed by atoms with Crippen molar-refractivity contribution in [1.82, 2.24) is 14.5 Å². The minimum atomic E-state index is 0.744. The van der Waals surface area contributed by atoms with E-state index in [-0.39, 0.29) is 0 Å². The zero-order valence-corrected chi connectivity index (χ0v) is 25.6. The van der Waals surface area contributed by atoms with E-state index in [2.05, 4.69) is 138 Å². The molecule has 10 aromatic rings. The molecule has 0 aliphatic carbocycles. The molecule has 210 valence electrons. The van der Waals surface area contributed by atoms with Gasteiger partial charge in [0, 0.05) is 63.2 Å². The maximum absolute atomic E-state index is 5.20. The van der Waals surface area contributed by atoms with Gasteiger partial charge < -0.3 is 4.57 Å². The van der Waals surface area contributed by atoms with Crippen molar-refractivity contribution in [3.63, 3.8) is 0 Å². The topological polar surface area (TPSA) is 30.7 Å². The first kappa shape index (κ1) is 25.0. The molecule has 0 amide bonds. The summed E-state index contributed by atoms with van der Waals surface area (Å²) in [5, 5.41) is 7.50. The fourth-order valence-electron chi connectivity index (χ4n) is 6.78. The summed E-state index contributed by atoms with van der Waals surface area (Å²) in [7, 11) is 0. The van der Waals surface area contributed by atoms with Gasteiger partial charge in [0.2, 0.25) is 0 Å². The van der Waals surface area contributed by atoms with Gasteiger partial charge in [-0.15, -0.1) is 22.7 Å². The second kappa shape index (κ2) is 9.57. The molecule has 3 nitrogen and oxygen atoms in total. The van der Waals surface area contributed by atoms with Crippen LogP contribution in [0.15, 0.2) is 140 Å². The monoisotopic (exact) mass is 609 g/mol. The minimum absolute atomic E-state index is 0.744. The van der Waals surface area contributed by atoms with E-state index in [1.54, 1.807) is 11.3 Å². The zero-order chi connectivity index (χ0) is 29.5. The summed E-state index contributed by atoms with van der Waals surface area (Å²) in [4.78, 5) is 11.3. The molecule has 4 aromatic heterocycles. The highest BCUT2D eigenvalue weighted by Crippen LogP contribution is 2.42. The van der Waals surface area contributed by atoms with Gasteiger partial charge >= 0.3 is 0 Å². The van der Waals surface area contributed by atoms with Crippen LogP contribution in [0.4, 0.5) is 0 Å².